The van der Waals surface area contributed by atoms with Crippen molar-refractivity contribution in [2.24, 2.45) is 5.92 Å². The molecule has 4 heteroatoms. The van der Waals surface area contributed by atoms with Crippen LogP contribution in [0.3, 0.4) is 0 Å². The van der Waals surface area contributed by atoms with Crippen molar-refractivity contribution >= 4 is 0 Å². The molecule has 0 saturated carbocycles. The van der Waals surface area contributed by atoms with Gasteiger partial charge < -0.3 is 10.1 Å². The molecule has 2 aromatic carbocycles. The summed E-state index contributed by atoms with van der Waals surface area (Å²) in [5.41, 5.74) is 0.736. The quantitative estimate of drug-likeness (QED) is 0.846. The highest BCUT2D eigenvalue weighted by atomic mass is 19.1. The van der Waals surface area contributed by atoms with Crippen molar-refractivity contribution in [1.29, 1.82) is 0 Å². The Morgan fingerprint density at radius 3 is 2.33 bits per heavy atom. The van der Waals surface area contributed by atoms with E-state index >= 15 is 0 Å². The molecule has 0 spiro atoms. The lowest BCUT2D eigenvalue weighted by atomic mass is 10.1. The van der Waals surface area contributed by atoms with Crippen LogP contribution in [0.4, 0.5) is 8.78 Å². The van der Waals surface area contributed by atoms with Gasteiger partial charge in [0.25, 0.3) is 0 Å². The van der Waals surface area contributed by atoms with Crippen molar-refractivity contribution in [3.8, 4) is 11.5 Å². The molecular weight excluding hydrogens is 272 g/mol. The van der Waals surface area contributed by atoms with E-state index in [4.69, 9.17) is 4.74 Å². The van der Waals surface area contributed by atoms with E-state index in [1.54, 1.807) is 18.2 Å². The minimum absolute atomic E-state index is 0.303. The first kappa shape index (κ1) is 15.4. The molecule has 0 aliphatic heterocycles. The number of hydrogen-bond donors (Lipinski definition) is 1. The summed E-state index contributed by atoms with van der Waals surface area (Å²) in [5, 5.41) is 3.26. The summed E-state index contributed by atoms with van der Waals surface area (Å²) < 4.78 is 32.0. The number of hydrogen-bond acceptors (Lipinski definition) is 2. The molecule has 0 amide bonds. The van der Waals surface area contributed by atoms with E-state index in [2.05, 4.69) is 19.2 Å². The lowest BCUT2D eigenvalue weighted by Gasteiger charge is -2.13. The highest BCUT2D eigenvalue weighted by Crippen LogP contribution is 2.26. The van der Waals surface area contributed by atoms with Gasteiger partial charge in [0.2, 0.25) is 0 Å². The second-order valence-corrected chi connectivity index (χ2v) is 5.33. The van der Waals surface area contributed by atoms with Gasteiger partial charge in [-0.2, -0.15) is 0 Å². The van der Waals surface area contributed by atoms with Gasteiger partial charge in [0.1, 0.15) is 23.1 Å². The Morgan fingerprint density at radius 2 is 1.67 bits per heavy atom. The highest BCUT2D eigenvalue weighted by molar-refractivity contribution is 5.38. The summed E-state index contributed by atoms with van der Waals surface area (Å²) in [6, 6.07) is 10.1. The van der Waals surface area contributed by atoms with Crippen LogP contribution >= 0.6 is 0 Å². The smallest absolute Gasteiger partial charge is 0.132 e. The van der Waals surface area contributed by atoms with Crippen molar-refractivity contribution in [1.82, 2.24) is 5.32 Å². The molecule has 0 aliphatic carbocycles. The molecule has 2 rings (SSSR count). The maximum absolute atomic E-state index is 13.4. The Hall–Kier alpha value is -1.94. The van der Waals surface area contributed by atoms with Gasteiger partial charge in [0.05, 0.1) is 0 Å². The van der Waals surface area contributed by atoms with Crippen LogP contribution in [0.15, 0.2) is 42.5 Å². The van der Waals surface area contributed by atoms with Gasteiger partial charge >= 0.3 is 0 Å². The Balaban J connectivity index is 2.12. The molecule has 0 aliphatic rings. The topological polar surface area (TPSA) is 21.3 Å². The Morgan fingerprint density at radius 1 is 1.00 bits per heavy atom. The first-order valence-electron chi connectivity index (χ1n) is 6.97. The normalized spacial score (nSPS) is 10.9. The molecule has 0 unspecified atom stereocenters. The third-order valence-electron chi connectivity index (χ3n) is 2.93. The van der Waals surface area contributed by atoms with Gasteiger partial charge in [-0.1, -0.05) is 13.8 Å². The number of rotatable bonds is 6. The van der Waals surface area contributed by atoms with Gasteiger partial charge in [-0.05, 0) is 54.9 Å². The van der Waals surface area contributed by atoms with E-state index in [9.17, 15) is 8.78 Å². The van der Waals surface area contributed by atoms with Crippen LogP contribution in [-0.4, -0.2) is 6.54 Å². The fourth-order valence-electron chi connectivity index (χ4n) is 1.91. The van der Waals surface area contributed by atoms with Crippen LogP contribution in [0.1, 0.15) is 19.4 Å². The molecule has 0 atom stereocenters. The third-order valence-corrected chi connectivity index (χ3v) is 2.93. The number of benzene rings is 2. The van der Waals surface area contributed by atoms with Crippen LogP contribution in [0.2, 0.25) is 0 Å². The zero-order valence-electron chi connectivity index (χ0n) is 12.2. The molecule has 0 fully saturated rings. The molecule has 0 saturated heterocycles. The summed E-state index contributed by atoms with van der Waals surface area (Å²) in [6.45, 7) is 5.57. The molecule has 0 bridgehead atoms. The molecule has 2 aromatic rings. The maximum Gasteiger partial charge on any atom is 0.132 e. The van der Waals surface area contributed by atoms with Gasteiger partial charge in [-0.15, -0.1) is 0 Å². The fraction of sp³-hybridized carbons (Fsp3) is 0.294. The first-order chi connectivity index (χ1) is 10.0. The minimum Gasteiger partial charge on any atom is -0.457 e. The molecule has 0 radical (unpaired) electrons. The molecular formula is C17H19F2NO. The molecule has 2 nitrogen and oxygen atoms in total. The largest absolute Gasteiger partial charge is 0.457 e. The van der Waals surface area contributed by atoms with E-state index in [0.717, 1.165) is 12.1 Å². The zero-order chi connectivity index (χ0) is 15.2. The average Bonchev–Trinajstić information content (AvgIpc) is 2.43. The maximum atomic E-state index is 13.4. The van der Waals surface area contributed by atoms with E-state index in [1.807, 2.05) is 0 Å². The van der Waals surface area contributed by atoms with Crippen molar-refractivity contribution in [3.05, 3.63) is 59.7 Å². The van der Waals surface area contributed by atoms with Crippen molar-refractivity contribution in [2.45, 2.75) is 20.4 Å². The summed E-state index contributed by atoms with van der Waals surface area (Å²) in [4.78, 5) is 0. The van der Waals surface area contributed by atoms with E-state index in [0.29, 0.717) is 24.0 Å². The van der Waals surface area contributed by atoms with E-state index < -0.39 is 0 Å². The van der Waals surface area contributed by atoms with Crippen LogP contribution < -0.4 is 10.1 Å². The second-order valence-electron chi connectivity index (χ2n) is 5.33. The fourth-order valence-corrected chi connectivity index (χ4v) is 1.91. The van der Waals surface area contributed by atoms with Crippen LogP contribution in [0.25, 0.3) is 0 Å². The monoisotopic (exact) mass is 291 g/mol. The Kier molecular flexibility index (Phi) is 5.28. The predicted octanol–water partition coefficient (Wildman–Crippen LogP) is 4.50. The third kappa shape index (κ3) is 4.83. The highest BCUT2D eigenvalue weighted by Gasteiger charge is 2.07. The predicted molar refractivity (Wildman–Crippen MR) is 79.4 cm³/mol. The van der Waals surface area contributed by atoms with Crippen LogP contribution in [0.5, 0.6) is 11.5 Å². The van der Waals surface area contributed by atoms with Gasteiger partial charge in [-0.25, -0.2) is 8.78 Å². The lowest BCUT2D eigenvalue weighted by molar-refractivity contribution is 0.464. The molecule has 0 heterocycles. The number of nitrogens with one attached hydrogen (secondary N) is 1. The summed E-state index contributed by atoms with van der Waals surface area (Å²) >= 11 is 0. The Labute approximate surface area is 123 Å². The molecule has 1 N–H and O–H groups in total. The standard InChI is InChI=1S/C17H19F2NO/c1-12(2)10-20-11-13-9-15(19)5-8-17(13)21-16-6-3-14(18)4-7-16/h3-9,12,20H,10-11H2,1-2H3. The molecule has 112 valence electrons. The Bertz CT molecular complexity index is 582. The first-order valence-corrected chi connectivity index (χ1v) is 6.97. The summed E-state index contributed by atoms with van der Waals surface area (Å²) in [5.74, 6) is 0.982. The van der Waals surface area contributed by atoms with E-state index in [-0.39, 0.29) is 11.6 Å². The minimum atomic E-state index is -0.319. The van der Waals surface area contributed by atoms with Gasteiger partial charge in [0, 0.05) is 12.1 Å². The lowest BCUT2D eigenvalue weighted by Crippen LogP contribution is -2.19. The van der Waals surface area contributed by atoms with Gasteiger partial charge in [0.15, 0.2) is 0 Å². The number of halogens is 2. The zero-order valence-corrected chi connectivity index (χ0v) is 12.2. The van der Waals surface area contributed by atoms with Gasteiger partial charge in [-0.3, -0.25) is 0 Å². The van der Waals surface area contributed by atoms with Crippen molar-refractivity contribution in [2.75, 3.05) is 6.54 Å². The van der Waals surface area contributed by atoms with Crippen molar-refractivity contribution < 1.29 is 13.5 Å². The summed E-state index contributed by atoms with van der Waals surface area (Å²) in [7, 11) is 0. The van der Waals surface area contributed by atoms with Crippen LogP contribution in [0, 0.1) is 17.6 Å². The summed E-state index contributed by atoms with van der Waals surface area (Å²) in [6.07, 6.45) is 0. The number of ether oxygens (including phenoxy) is 1. The van der Waals surface area contributed by atoms with E-state index in [1.165, 1.54) is 24.3 Å². The average molecular weight is 291 g/mol. The van der Waals surface area contributed by atoms with Crippen LogP contribution in [-0.2, 0) is 6.54 Å². The van der Waals surface area contributed by atoms with Crippen molar-refractivity contribution in [3.63, 3.8) is 0 Å². The second kappa shape index (κ2) is 7.18. The SMILES string of the molecule is CC(C)CNCc1cc(F)ccc1Oc1ccc(F)cc1. The molecule has 0 aromatic heterocycles. The molecule has 21 heavy (non-hydrogen) atoms.